The molecule has 1 aromatic carbocycles. The largest absolute Gasteiger partial charge is 0.514 e. The summed E-state index contributed by atoms with van der Waals surface area (Å²) < 4.78 is 36.3. The molecule has 1 aromatic rings. The van der Waals surface area contributed by atoms with Gasteiger partial charge in [-0.05, 0) is 49.3 Å². The highest BCUT2D eigenvalue weighted by Crippen LogP contribution is 2.32. The molecule has 12 heteroatoms. The van der Waals surface area contributed by atoms with Gasteiger partial charge in [0.25, 0.3) is 0 Å². The average Bonchev–Trinajstić information content (AvgIpc) is 2.92. The molecule has 12 nitrogen and oxygen atoms in total. The van der Waals surface area contributed by atoms with Gasteiger partial charge in [0.2, 0.25) is 0 Å². The molecule has 0 aromatic heterocycles. The van der Waals surface area contributed by atoms with Crippen LogP contribution in [0.25, 0.3) is 0 Å². The molecule has 42 heavy (non-hydrogen) atoms. The van der Waals surface area contributed by atoms with Gasteiger partial charge in [-0.3, -0.25) is 4.79 Å². The Hall–Kier alpha value is -3.54. The number of carbonyl (C=O) groups excluding carboxylic acids is 4. The second-order valence-corrected chi connectivity index (χ2v) is 11.1. The van der Waals surface area contributed by atoms with Gasteiger partial charge in [-0.15, -0.1) is 0 Å². The lowest BCUT2D eigenvalue weighted by atomic mass is 9.88. The normalized spacial score (nSPS) is 14.7. The number of esters is 1. The Labute approximate surface area is 248 Å². The molecule has 0 amide bonds. The smallest absolute Gasteiger partial charge is 0.468 e. The molecule has 0 heterocycles. The van der Waals surface area contributed by atoms with Crippen LogP contribution in [0, 0.1) is 17.8 Å². The summed E-state index contributed by atoms with van der Waals surface area (Å²) in [5.74, 6) is -0.764. The molecule has 2 N–H and O–H groups in total. The number of hydrogen-bond donors (Lipinski definition) is 1. The van der Waals surface area contributed by atoms with Crippen molar-refractivity contribution >= 4 is 24.4 Å². The van der Waals surface area contributed by atoms with Crippen molar-refractivity contribution < 1.29 is 52.3 Å². The Morgan fingerprint density at radius 2 is 1.36 bits per heavy atom. The van der Waals surface area contributed by atoms with Crippen molar-refractivity contribution in [3.05, 3.63) is 23.8 Å². The molecule has 1 rings (SSSR count). The van der Waals surface area contributed by atoms with Crippen LogP contribution in [0.5, 0.6) is 11.5 Å². The minimum atomic E-state index is -1.62. The summed E-state index contributed by atoms with van der Waals surface area (Å²) in [7, 11) is 1.19. The summed E-state index contributed by atoms with van der Waals surface area (Å²) in [5, 5.41) is 0. The minimum absolute atomic E-state index is 0.0274. The molecule has 0 aliphatic rings. The molecule has 238 valence electrons. The molecule has 0 radical (unpaired) electrons. The fourth-order valence-electron chi connectivity index (χ4n) is 3.15. The summed E-state index contributed by atoms with van der Waals surface area (Å²) in [5.41, 5.74) is 5.23. The number of ether oxygens (including phenoxy) is 7. The maximum atomic E-state index is 12.7. The number of benzene rings is 1. The second kappa shape index (κ2) is 17.4. The molecule has 0 bridgehead atoms. The lowest BCUT2D eigenvalue weighted by Gasteiger charge is -2.26. The van der Waals surface area contributed by atoms with Crippen LogP contribution in [-0.4, -0.2) is 62.5 Å². The van der Waals surface area contributed by atoms with E-state index in [2.05, 4.69) is 0 Å². The third-order valence-electron chi connectivity index (χ3n) is 6.90. The van der Waals surface area contributed by atoms with Crippen LogP contribution in [-0.2, 0) is 34.9 Å². The first kappa shape index (κ1) is 36.5. The highest BCUT2D eigenvalue weighted by Gasteiger charge is 2.36. The molecule has 0 aliphatic carbocycles. The zero-order valence-corrected chi connectivity index (χ0v) is 26.2. The van der Waals surface area contributed by atoms with Gasteiger partial charge in [0.15, 0.2) is 11.5 Å². The van der Waals surface area contributed by atoms with E-state index in [-0.39, 0.29) is 55.3 Å². The highest BCUT2D eigenvalue weighted by molar-refractivity contribution is 5.81. The van der Waals surface area contributed by atoms with E-state index >= 15 is 0 Å². The van der Waals surface area contributed by atoms with E-state index in [0.29, 0.717) is 5.56 Å². The van der Waals surface area contributed by atoms with Crippen LogP contribution in [0.2, 0.25) is 0 Å². The monoisotopic (exact) mass is 597 g/mol. The van der Waals surface area contributed by atoms with E-state index < -0.39 is 42.2 Å². The summed E-state index contributed by atoms with van der Waals surface area (Å²) in [6.45, 7) is 14.9. The topological polar surface area (TPSA) is 159 Å². The van der Waals surface area contributed by atoms with Gasteiger partial charge >= 0.3 is 24.4 Å². The van der Waals surface area contributed by atoms with Crippen molar-refractivity contribution in [1.82, 2.24) is 0 Å². The van der Waals surface area contributed by atoms with E-state index in [0.717, 1.165) is 6.42 Å². The van der Waals surface area contributed by atoms with Crippen LogP contribution in [0.1, 0.15) is 73.8 Å². The Morgan fingerprint density at radius 1 is 0.810 bits per heavy atom. The van der Waals surface area contributed by atoms with Crippen LogP contribution < -0.4 is 15.2 Å². The fraction of sp³-hybridized carbons (Fsp3) is 0.667. The average molecular weight is 598 g/mol. The molecular weight excluding hydrogens is 550 g/mol. The first-order valence-corrected chi connectivity index (χ1v) is 14.2. The number of nitrogens with two attached hydrogens (primary N) is 1. The zero-order chi connectivity index (χ0) is 32.0. The van der Waals surface area contributed by atoms with Crippen molar-refractivity contribution in [2.24, 2.45) is 23.5 Å². The summed E-state index contributed by atoms with van der Waals surface area (Å²) in [6, 6.07) is 4.31. The SMILES string of the molecule is CC[C@H](C)COC(=O)OCCC(N)(Cc1ccc(OC(=O)O[C@@H](C)C(C)C)c(OC(=O)OC(C)C(C)C)c1)C(=O)OC. The van der Waals surface area contributed by atoms with Gasteiger partial charge < -0.3 is 38.9 Å². The first-order valence-electron chi connectivity index (χ1n) is 14.2. The van der Waals surface area contributed by atoms with Gasteiger partial charge in [-0.25, -0.2) is 14.4 Å². The first-order chi connectivity index (χ1) is 19.6. The quantitative estimate of drug-likeness (QED) is 0.147. The van der Waals surface area contributed by atoms with Gasteiger partial charge in [-0.1, -0.05) is 54.0 Å². The lowest BCUT2D eigenvalue weighted by molar-refractivity contribution is -0.147. The van der Waals surface area contributed by atoms with Crippen molar-refractivity contribution in [2.75, 3.05) is 20.3 Å². The molecule has 0 saturated heterocycles. The van der Waals surface area contributed by atoms with Crippen molar-refractivity contribution in [1.29, 1.82) is 0 Å². The fourth-order valence-corrected chi connectivity index (χ4v) is 3.15. The Bertz CT molecular complexity index is 1040. The third-order valence-corrected chi connectivity index (χ3v) is 6.90. The van der Waals surface area contributed by atoms with Crippen molar-refractivity contribution in [3.8, 4) is 11.5 Å². The predicted octanol–water partition coefficient (Wildman–Crippen LogP) is 5.81. The van der Waals surface area contributed by atoms with Crippen LogP contribution in [0.4, 0.5) is 14.4 Å². The van der Waals surface area contributed by atoms with Gasteiger partial charge in [0, 0.05) is 12.8 Å². The number of methoxy groups -OCH3 is 1. The number of hydrogen-bond acceptors (Lipinski definition) is 12. The van der Waals surface area contributed by atoms with Gasteiger partial charge in [0.05, 0.1) is 20.3 Å². The molecule has 0 spiro atoms. The standard InChI is InChI=1S/C30H47NO11/c1-10-20(6)17-38-27(33)37-14-13-30(31,26(32)36-9)16-23-11-12-24(41-28(34)39-21(7)18(2)3)25(15-23)42-29(35)40-22(8)19(4)5/h11-12,15,18-22H,10,13-14,16-17,31H2,1-9H3/t20-,21-,22?,30?/m0/s1. The maximum Gasteiger partial charge on any atom is 0.514 e. The van der Waals surface area contributed by atoms with Crippen molar-refractivity contribution in [3.63, 3.8) is 0 Å². The molecular formula is C30H47NO11. The molecule has 0 fully saturated rings. The highest BCUT2D eigenvalue weighted by atomic mass is 16.8. The summed E-state index contributed by atoms with van der Waals surface area (Å²) in [6.07, 6.45) is -3.11. The van der Waals surface area contributed by atoms with E-state index in [1.807, 2.05) is 41.5 Å². The van der Waals surface area contributed by atoms with E-state index in [9.17, 15) is 19.2 Å². The Morgan fingerprint density at radius 3 is 1.86 bits per heavy atom. The van der Waals surface area contributed by atoms with Crippen LogP contribution in [0.15, 0.2) is 18.2 Å². The number of carbonyl (C=O) groups is 4. The maximum absolute atomic E-state index is 12.7. The number of rotatable bonds is 15. The second-order valence-electron chi connectivity index (χ2n) is 11.1. The van der Waals surface area contributed by atoms with E-state index in [4.69, 9.17) is 38.9 Å². The molecule has 4 atom stereocenters. The Kier molecular flexibility index (Phi) is 15.1. The molecule has 0 aliphatic heterocycles. The third kappa shape index (κ3) is 12.5. The minimum Gasteiger partial charge on any atom is -0.468 e. The predicted molar refractivity (Wildman–Crippen MR) is 153 cm³/mol. The summed E-state index contributed by atoms with van der Waals surface area (Å²) >= 11 is 0. The van der Waals surface area contributed by atoms with Gasteiger partial charge in [0.1, 0.15) is 17.7 Å². The molecule has 2 unspecified atom stereocenters. The molecule has 0 saturated carbocycles. The van der Waals surface area contributed by atoms with Crippen LogP contribution in [0.3, 0.4) is 0 Å². The zero-order valence-electron chi connectivity index (χ0n) is 26.2. The lowest BCUT2D eigenvalue weighted by Crippen LogP contribution is -2.51. The van der Waals surface area contributed by atoms with E-state index in [1.54, 1.807) is 13.8 Å². The van der Waals surface area contributed by atoms with E-state index in [1.165, 1.54) is 25.3 Å². The van der Waals surface area contributed by atoms with Crippen LogP contribution >= 0.6 is 0 Å². The van der Waals surface area contributed by atoms with Crippen molar-refractivity contribution in [2.45, 2.75) is 92.4 Å². The summed E-state index contributed by atoms with van der Waals surface area (Å²) in [4.78, 5) is 49.5. The Balaban J connectivity index is 3.17. The van der Waals surface area contributed by atoms with Gasteiger partial charge in [-0.2, -0.15) is 0 Å².